The lowest BCUT2D eigenvalue weighted by Gasteiger charge is -2.10. The number of alkyl halides is 3. The molecular weight excluding hydrogens is 304 g/mol. The summed E-state index contributed by atoms with van der Waals surface area (Å²) in [7, 11) is -5.71. The molecule has 0 spiro atoms. The fraction of sp³-hybridized carbons (Fsp3) is 0.250. The minimum atomic E-state index is -5.71. The first kappa shape index (κ1) is 14.4. The van der Waals surface area contributed by atoms with Crippen molar-refractivity contribution in [1.29, 1.82) is 0 Å². The molecule has 0 aliphatic carbocycles. The van der Waals surface area contributed by atoms with Crippen LogP contribution >= 0.6 is 23.2 Å². The van der Waals surface area contributed by atoms with Crippen LogP contribution in [0.2, 0.25) is 10.0 Å². The van der Waals surface area contributed by atoms with Gasteiger partial charge in [0, 0.05) is 22.2 Å². The highest BCUT2D eigenvalue weighted by molar-refractivity contribution is 7.88. The van der Waals surface area contributed by atoms with Crippen LogP contribution in [0.5, 0.6) is 5.75 Å². The summed E-state index contributed by atoms with van der Waals surface area (Å²) in [5.41, 5.74) is -5.10. The standard InChI is InChI=1S/C8H5Cl2F3O3S/c1-4-6(9)2-5(3-7(4)10)16-17(14,15)8(11,12)13/h2-3H,1H3. The van der Waals surface area contributed by atoms with Crippen molar-refractivity contribution >= 4 is 33.3 Å². The lowest BCUT2D eigenvalue weighted by Crippen LogP contribution is -2.28. The summed E-state index contributed by atoms with van der Waals surface area (Å²) >= 11 is 11.2. The Labute approximate surface area is 105 Å². The molecule has 9 heteroatoms. The zero-order valence-electron chi connectivity index (χ0n) is 8.18. The van der Waals surface area contributed by atoms with Crippen molar-refractivity contribution in [2.75, 3.05) is 0 Å². The van der Waals surface area contributed by atoms with Gasteiger partial charge in [0.05, 0.1) is 0 Å². The van der Waals surface area contributed by atoms with E-state index in [1.54, 1.807) is 0 Å². The van der Waals surface area contributed by atoms with Crippen LogP contribution in [0.25, 0.3) is 0 Å². The summed E-state index contributed by atoms with van der Waals surface area (Å²) in [4.78, 5) is 0. The van der Waals surface area contributed by atoms with Crippen molar-refractivity contribution in [2.24, 2.45) is 0 Å². The zero-order chi connectivity index (χ0) is 13.4. The third kappa shape index (κ3) is 3.17. The van der Waals surface area contributed by atoms with Gasteiger partial charge >= 0.3 is 15.6 Å². The Bertz CT molecular complexity index is 516. The Morgan fingerprint density at radius 1 is 1.18 bits per heavy atom. The Hall–Kier alpha value is -0.660. The van der Waals surface area contributed by atoms with Crippen molar-refractivity contribution in [3.63, 3.8) is 0 Å². The Balaban J connectivity index is 3.14. The van der Waals surface area contributed by atoms with Crippen molar-refractivity contribution in [3.8, 4) is 5.75 Å². The molecule has 1 aromatic rings. The number of benzene rings is 1. The summed E-state index contributed by atoms with van der Waals surface area (Å²) in [6.45, 7) is 1.52. The number of rotatable bonds is 2. The fourth-order valence-electron chi connectivity index (χ4n) is 0.844. The molecule has 0 atom stereocenters. The van der Waals surface area contributed by atoms with Gasteiger partial charge in [-0.1, -0.05) is 23.2 Å². The second kappa shape index (κ2) is 4.55. The van der Waals surface area contributed by atoms with E-state index in [9.17, 15) is 21.6 Å². The van der Waals surface area contributed by atoms with Crippen molar-refractivity contribution in [2.45, 2.75) is 12.4 Å². The maximum absolute atomic E-state index is 12.0. The average molecular weight is 309 g/mol. The molecule has 0 aliphatic rings. The first-order valence-electron chi connectivity index (χ1n) is 4.01. The van der Waals surface area contributed by atoms with Crippen molar-refractivity contribution in [1.82, 2.24) is 0 Å². The van der Waals surface area contributed by atoms with Gasteiger partial charge < -0.3 is 4.18 Å². The van der Waals surface area contributed by atoms with Crippen LogP contribution in [0.15, 0.2) is 12.1 Å². The molecule has 0 fully saturated rings. The quantitative estimate of drug-likeness (QED) is 0.620. The van der Waals surface area contributed by atoms with Gasteiger partial charge in [-0.3, -0.25) is 0 Å². The Kier molecular flexibility index (Phi) is 3.85. The number of halogens is 5. The van der Waals surface area contributed by atoms with Gasteiger partial charge in [0.1, 0.15) is 5.75 Å². The van der Waals surface area contributed by atoms with Gasteiger partial charge in [0.15, 0.2) is 0 Å². The molecule has 96 valence electrons. The van der Waals surface area contributed by atoms with Gasteiger partial charge in [-0.05, 0) is 12.5 Å². The van der Waals surface area contributed by atoms with Crippen LogP contribution in [0, 0.1) is 6.92 Å². The topological polar surface area (TPSA) is 43.4 Å². The SMILES string of the molecule is Cc1c(Cl)cc(OS(=O)(=O)C(F)(F)F)cc1Cl. The molecule has 17 heavy (non-hydrogen) atoms. The second-order valence-electron chi connectivity index (χ2n) is 3.00. The summed E-state index contributed by atoms with van der Waals surface area (Å²) in [6, 6.07) is 1.87. The van der Waals surface area contributed by atoms with Crippen LogP contribution < -0.4 is 4.18 Å². The molecule has 3 nitrogen and oxygen atoms in total. The van der Waals surface area contributed by atoms with Crippen molar-refractivity contribution < 1.29 is 25.8 Å². The van der Waals surface area contributed by atoms with Crippen LogP contribution in [0.3, 0.4) is 0 Å². The van der Waals surface area contributed by atoms with Gasteiger partial charge in [-0.15, -0.1) is 0 Å². The van der Waals surface area contributed by atoms with E-state index in [-0.39, 0.29) is 10.0 Å². The lowest BCUT2D eigenvalue weighted by molar-refractivity contribution is -0.0500. The maximum atomic E-state index is 12.0. The maximum Gasteiger partial charge on any atom is 0.534 e. The van der Waals surface area contributed by atoms with E-state index < -0.39 is 21.4 Å². The molecule has 0 unspecified atom stereocenters. The highest BCUT2D eigenvalue weighted by atomic mass is 35.5. The average Bonchev–Trinajstić information content (AvgIpc) is 2.11. The summed E-state index contributed by atoms with van der Waals surface area (Å²) in [5.74, 6) is -0.595. The minimum Gasteiger partial charge on any atom is -0.376 e. The molecule has 0 radical (unpaired) electrons. The van der Waals surface area contributed by atoms with Crippen LogP contribution in [-0.2, 0) is 10.1 Å². The number of hydrogen-bond donors (Lipinski definition) is 0. The molecule has 0 amide bonds. The first-order valence-corrected chi connectivity index (χ1v) is 6.17. The summed E-state index contributed by atoms with van der Waals surface area (Å²) in [5, 5.41) is 0.00903. The highest BCUT2D eigenvalue weighted by Crippen LogP contribution is 2.32. The van der Waals surface area contributed by atoms with E-state index in [0.29, 0.717) is 5.56 Å². The van der Waals surface area contributed by atoms with Gasteiger partial charge in [-0.2, -0.15) is 21.6 Å². The molecule has 0 aromatic heterocycles. The predicted molar refractivity (Wildman–Crippen MR) is 56.8 cm³/mol. The predicted octanol–water partition coefficient (Wildman–Crippen LogP) is 3.53. The molecule has 0 heterocycles. The van der Waals surface area contributed by atoms with E-state index >= 15 is 0 Å². The largest absolute Gasteiger partial charge is 0.534 e. The lowest BCUT2D eigenvalue weighted by atomic mass is 10.2. The molecule has 0 aliphatic heterocycles. The van der Waals surface area contributed by atoms with Gasteiger partial charge in [-0.25, -0.2) is 0 Å². The van der Waals surface area contributed by atoms with Crippen LogP contribution in [-0.4, -0.2) is 13.9 Å². The molecule has 1 rings (SSSR count). The fourth-order valence-corrected chi connectivity index (χ4v) is 1.76. The molecular formula is C8H5Cl2F3O3S. The van der Waals surface area contributed by atoms with Crippen molar-refractivity contribution in [3.05, 3.63) is 27.7 Å². The van der Waals surface area contributed by atoms with Gasteiger partial charge in [0.25, 0.3) is 0 Å². The van der Waals surface area contributed by atoms with E-state index in [0.717, 1.165) is 12.1 Å². The summed E-state index contributed by atoms with van der Waals surface area (Å²) in [6.07, 6.45) is 0. The minimum absolute atomic E-state index is 0.00451. The molecule has 0 bridgehead atoms. The third-order valence-electron chi connectivity index (χ3n) is 1.74. The third-order valence-corrected chi connectivity index (χ3v) is 3.51. The monoisotopic (exact) mass is 308 g/mol. The molecule has 0 saturated carbocycles. The molecule has 0 saturated heterocycles. The normalized spacial score (nSPS) is 12.6. The Morgan fingerprint density at radius 3 is 1.94 bits per heavy atom. The smallest absolute Gasteiger partial charge is 0.376 e. The number of hydrogen-bond acceptors (Lipinski definition) is 3. The zero-order valence-corrected chi connectivity index (χ0v) is 10.5. The van der Waals surface area contributed by atoms with Gasteiger partial charge in [0.2, 0.25) is 0 Å². The molecule has 0 N–H and O–H groups in total. The Morgan fingerprint density at radius 2 is 1.59 bits per heavy atom. The highest BCUT2D eigenvalue weighted by Gasteiger charge is 2.48. The van der Waals surface area contributed by atoms with E-state index in [4.69, 9.17) is 23.2 Å². The van der Waals surface area contributed by atoms with E-state index in [1.165, 1.54) is 6.92 Å². The molecule has 1 aromatic carbocycles. The van der Waals surface area contributed by atoms with E-state index in [1.807, 2.05) is 0 Å². The first-order chi connectivity index (χ1) is 7.54. The van der Waals surface area contributed by atoms with Crippen LogP contribution in [0.1, 0.15) is 5.56 Å². The summed E-state index contributed by atoms with van der Waals surface area (Å²) < 4.78 is 61.3. The van der Waals surface area contributed by atoms with E-state index in [2.05, 4.69) is 4.18 Å². The second-order valence-corrected chi connectivity index (χ2v) is 5.35. The van der Waals surface area contributed by atoms with Crippen LogP contribution in [0.4, 0.5) is 13.2 Å².